The molecule has 1 atom stereocenters. The summed E-state index contributed by atoms with van der Waals surface area (Å²) in [5.74, 6) is -0.300. The van der Waals surface area contributed by atoms with E-state index in [9.17, 15) is 18.0 Å². The number of carbonyl (C=O) groups excluding carboxylic acids is 1. The van der Waals surface area contributed by atoms with Crippen molar-refractivity contribution in [2.75, 3.05) is 0 Å². The van der Waals surface area contributed by atoms with Crippen molar-refractivity contribution in [3.63, 3.8) is 0 Å². The molecule has 0 saturated heterocycles. The van der Waals surface area contributed by atoms with Gasteiger partial charge < -0.3 is 0 Å². The fraction of sp³-hybridized carbons (Fsp3) is 0.176. The highest BCUT2D eigenvalue weighted by Crippen LogP contribution is 2.32. The first-order chi connectivity index (χ1) is 10.9. The second-order valence-electron chi connectivity index (χ2n) is 5.13. The van der Waals surface area contributed by atoms with Gasteiger partial charge in [0.15, 0.2) is 0 Å². The smallest absolute Gasteiger partial charge is 0.271 e. The predicted molar refractivity (Wildman–Crippen MR) is 84.5 cm³/mol. The van der Waals surface area contributed by atoms with Crippen LogP contribution >= 0.6 is 11.8 Å². The van der Waals surface area contributed by atoms with E-state index in [2.05, 4.69) is 4.99 Å². The molecule has 2 aromatic carbocycles. The monoisotopic (exact) mass is 335 g/mol. The van der Waals surface area contributed by atoms with E-state index >= 15 is 0 Å². The van der Waals surface area contributed by atoms with E-state index in [-0.39, 0.29) is 12.3 Å². The Morgan fingerprint density at radius 2 is 1.78 bits per heavy atom. The molecule has 0 fully saturated rings. The highest BCUT2D eigenvalue weighted by molar-refractivity contribution is 8.16. The SMILES string of the molecule is O=C1N=C(c2ccccc2)SC1Cc1cccc(C(F)(F)F)c1. The molecule has 2 aromatic rings. The third-order valence-corrected chi connectivity index (χ3v) is 4.64. The topological polar surface area (TPSA) is 29.4 Å². The van der Waals surface area contributed by atoms with Crippen LogP contribution in [0.2, 0.25) is 0 Å². The maximum absolute atomic E-state index is 12.7. The Bertz CT molecular complexity index is 756. The molecule has 0 saturated carbocycles. The zero-order valence-electron chi connectivity index (χ0n) is 11.9. The van der Waals surface area contributed by atoms with E-state index in [0.717, 1.165) is 17.7 Å². The van der Waals surface area contributed by atoms with Crippen molar-refractivity contribution in [2.24, 2.45) is 4.99 Å². The van der Waals surface area contributed by atoms with Crippen LogP contribution < -0.4 is 0 Å². The maximum atomic E-state index is 12.7. The molecule has 23 heavy (non-hydrogen) atoms. The molecule has 1 unspecified atom stereocenters. The van der Waals surface area contributed by atoms with Crippen molar-refractivity contribution >= 4 is 22.7 Å². The number of carbonyl (C=O) groups is 1. The highest BCUT2D eigenvalue weighted by Gasteiger charge is 2.32. The Kier molecular flexibility index (Phi) is 4.26. The standard InChI is InChI=1S/C17H12F3NOS/c18-17(19,20)13-8-4-5-11(9-13)10-14-15(22)21-16(23-14)12-6-2-1-3-7-12/h1-9,14H,10H2. The summed E-state index contributed by atoms with van der Waals surface area (Å²) in [6.45, 7) is 0. The van der Waals surface area contributed by atoms with Gasteiger partial charge in [-0.25, -0.2) is 4.99 Å². The van der Waals surface area contributed by atoms with Crippen LogP contribution in [0.5, 0.6) is 0 Å². The molecule has 0 bridgehead atoms. The molecule has 0 N–H and O–H groups in total. The van der Waals surface area contributed by atoms with E-state index in [0.29, 0.717) is 10.6 Å². The van der Waals surface area contributed by atoms with Gasteiger partial charge in [0.2, 0.25) is 0 Å². The number of benzene rings is 2. The summed E-state index contributed by atoms with van der Waals surface area (Å²) < 4.78 is 38.2. The van der Waals surface area contributed by atoms with Crippen LogP contribution in [0.15, 0.2) is 59.6 Å². The quantitative estimate of drug-likeness (QED) is 0.835. The van der Waals surface area contributed by atoms with Crippen molar-refractivity contribution in [1.82, 2.24) is 0 Å². The molecular weight excluding hydrogens is 323 g/mol. The Hall–Kier alpha value is -2.08. The third-order valence-electron chi connectivity index (χ3n) is 3.44. The van der Waals surface area contributed by atoms with Crippen LogP contribution in [0, 0.1) is 0 Å². The molecule has 0 spiro atoms. The number of amides is 1. The minimum atomic E-state index is -4.38. The van der Waals surface area contributed by atoms with Crippen LogP contribution in [0.3, 0.4) is 0 Å². The van der Waals surface area contributed by atoms with Gasteiger partial charge >= 0.3 is 6.18 Å². The van der Waals surface area contributed by atoms with Crippen LogP contribution in [0.1, 0.15) is 16.7 Å². The van der Waals surface area contributed by atoms with Crippen LogP contribution in [0.4, 0.5) is 13.2 Å². The Labute approximate surface area is 135 Å². The number of nitrogens with zero attached hydrogens (tertiary/aromatic N) is 1. The van der Waals surface area contributed by atoms with Crippen LogP contribution in [-0.4, -0.2) is 16.2 Å². The molecule has 0 radical (unpaired) electrons. The molecule has 3 rings (SSSR count). The molecule has 1 amide bonds. The molecular formula is C17H12F3NOS. The second kappa shape index (κ2) is 6.20. The predicted octanol–water partition coefficient (Wildman–Crippen LogP) is 4.34. The number of alkyl halides is 3. The summed E-state index contributed by atoms with van der Waals surface area (Å²) in [6.07, 6.45) is -4.15. The lowest BCUT2D eigenvalue weighted by Crippen LogP contribution is -2.14. The van der Waals surface area contributed by atoms with Crippen molar-refractivity contribution in [3.05, 3.63) is 71.3 Å². The summed E-state index contributed by atoms with van der Waals surface area (Å²) in [5.41, 5.74) is 0.627. The van der Waals surface area contributed by atoms with Gasteiger partial charge in [0, 0.05) is 5.56 Å². The number of halogens is 3. The zero-order valence-corrected chi connectivity index (χ0v) is 12.7. The summed E-state index contributed by atoms with van der Waals surface area (Å²) in [7, 11) is 0. The normalized spacial score (nSPS) is 18.1. The van der Waals surface area contributed by atoms with Crippen LogP contribution in [-0.2, 0) is 17.4 Å². The van der Waals surface area contributed by atoms with E-state index in [1.807, 2.05) is 30.3 Å². The summed E-state index contributed by atoms with van der Waals surface area (Å²) in [4.78, 5) is 16.0. The lowest BCUT2D eigenvalue weighted by molar-refractivity contribution is -0.137. The number of aliphatic imine (C=N–C) groups is 1. The van der Waals surface area contributed by atoms with Gasteiger partial charge in [-0.1, -0.05) is 60.3 Å². The molecule has 6 heteroatoms. The molecule has 1 heterocycles. The number of hydrogen-bond acceptors (Lipinski definition) is 2. The average molecular weight is 335 g/mol. The molecule has 118 valence electrons. The fourth-order valence-electron chi connectivity index (χ4n) is 2.31. The first-order valence-electron chi connectivity index (χ1n) is 6.94. The average Bonchev–Trinajstić information content (AvgIpc) is 2.89. The van der Waals surface area contributed by atoms with Crippen LogP contribution in [0.25, 0.3) is 0 Å². The number of thioether (sulfide) groups is 1. The van der Waals surface area contributed by atoms with E-state index < -0.39 is 17.0 Å². The zero-order chi connectivity index (χ0) is 16.4. The Morgan fingerprint density at radius 1 is 1.04 bits per heavy atom. The lowest BCUT2D eigenvalue weighted by Gasteiger charge is -2.11. The largest absolute Gasteiger partial charge is 0.416 e. The van der Waals surface area contributed by atoms with Gasteiger partial charge in [-0.15, -0.1) is 0 Å². The molecule has 0 aromatic heterocycles. The first kappa shape index (κ1) is 15.8. The van der Waals surface area contributed by atoms with E-state index in [4.69, 9.17) is 0 Å². The van der Waals surface area contributed by atoms with Gasteiger partial charge in [0.25, 0.3) is 5.91 Å². The highest BCUT2D eigenvalue weighted by atomic mass is 32.2. The third kappa shape index (κ3) is 3.64. The second-order valence-corrected chi connectivity index (χ2v) is 6.32. The Morgan fingerprint density at radius 3 is 2.48 bits per heavy atom. The minimum Gasteiger partial charge on any atom is -0.271 e. The van der Waals surface area contributed by atoms with Crippen molar-refractivity contribution in [1.29, 1.82) is 0 Å². The molecule has 0 aliphatic carbocycles. The summed E-state index contributed by atoms with van der Waals surface area (Å²) in [6, 6.07) is 14.4. The van der Waals surface area contributed by atoms with Crippen molar-refractivity contribution in [3.8, 4) is 0 Å². The summed E-state index contributed by atoms with van der Waals surface area (Å²) in [5, 5.41) is 0.140. The molecule has 2 nitrogen and oxygen atoms in total. The van der Waals surface area contributed by atoms with Crippen molar-refractivity contribution < 1.29 is 18.0 Å². The number of rotatable bonds is 3. The number of hydrogen-bond donors (Lipinski definition) is 0. The van der Waals surface area contributed by atoms with Gasteiger partial charge in [0.1, 0.15) is 5.04 Å². The van der Waals surface area contributed by atoms with Gasteiger partial charge in [-0.3, -0.25) is 4.79 Å². The first-order valence-corrected chi connectivity index (χ1v) is 7.82. The van der Waals surface area contributed by atoms with Gasteiger partial charge in [-0.05, 0) is 18.1 Å². The molecule has 1 aliphatic heterocycles. The summed E-state index contributed by atoms with van der Waals surface area (Å²) >= 11 is 1.30. The fourth-order valence-corrected chi connectivity index (χ4v) is 3.43. The molecule has 1 aliphatic rings. The van der Waals surface area contributed by atoms with E-state index in [1.165, 1.54) is 17.8 Å². The maximum Gasteiger partial charge on any atom is 0.416 e. The van der Waals surface area contributed by atoms with Crippen molar-refractivity contribution in [2.45, 2.75) is 17.8 Å². The minimum absolute atomic E-state index is 0.229. The van der Waals surface area contributed by atoms with Gasteiger partial charge in [0.05, 0.1) is 10.8 Å². The van der Waals surface area contributed by atoms with E-state index in [1.54, 1.807) is 6.07 Å². The lowest BCUT2D eigenvalue weighted by atomic mass is 10.1. The van der Waals surface area contributed by atoms with Gasteiger partial charge in [-0.2, -0.15) is 13.2 Å². The Balaban J connectivity index is 1.75.